The quantitative estimate of drug-likeness (QED) is 0.196. The van der Waals surface area contributed by atoms with Crippen LogP contribution in [0.5, 0.6) is 0 Å². The average Bonchev–Trinajstić information content (AvgIpc) is 2.86. The zero-order chi connectivity index (χ0) is 23.9. The summed E-state index contributed by atoms with van der Waals surface area (Å²) in [5.41, 5.74) is 2.14. The van der Waals surface area contributed by atoms with Gasteiger partial charge in [-0.25, -0.2) is 0 Å². The third-order valence-corrected chi connectivity index (χ3v) is 5.74. The van der Waals surface area contributed by atoms with Gasteiger partial charge < -0.3 is 0 Å². The molecule has 0 saturated carbocycles. The topological polar surface area (TPSA) is 98.0 Å². The molecule has 0 aromatic heterocycles. The molecule has 2 atom stereocenters. The van der Waals surface area contributed by atoms with Crippen molar-refractivity contribution in [1.29, 1.82) is 0 Å². The smallest absolute Gasteiger partial charge is 0.262 e. The first-order valence-electron chi connectivity index (χ1n) is 11.4. The Bertz CT molecular complexity index is 830. The van der Waals surface area contributed by atoms with Crippen molar-refractivity contribution in [1.82, 2.24) is 15.0 Å². The van der Waals surface area contributed by atoms with E-state index in [1.165, 1.54) is 15.0 Å². The minimum absolute atomic E-state index is 0. The molecule has 2 rings (SSSR count). The second-order valence-electron chi connectivity index (χ2n) is 8.25. The molecule has 0 spiro atoms. The number of likely N-dealkylation sites (N-methyl/N-ethyl adjacent to an activating group) is 1. The molecule has 0 saturated heterocycles. The largest absolute Gasteiger partial charge is 1.00 e. The molecule has 0 amide bonds. The average molecular weight is 478 g/mol. The van der Waals surface area contributed by atoms with Gasteiger partial charge in [0.25, 0.3) is 0 Å². The molecule has 34 heavy (non-hydrogen) atoms. The van der Waals surface area contributed by atoms with Crippen molar-refractivity contribution in [2.24, 2.45) is 15.9 Å². The molecule has 0 aliphatic rings. The van der Waals surface area contributed by atoms with E-state index in [2.05, 4.69) is 22.8 Å². The van der Waals surface area contributed by atoms with E-state index >= 15 is 0 Å². The normalized spacial score (nSPS) is 12.1. The fraction of sp³-hybridized carbons (Fsp3) is 0.500. The van der Waals surface area contributed by atoms with Gasteiger partial charge in [0.05, 0.1) is 41.0 Å². The van der Waals surface area contributed by atoms with Crippen LogP contribution in [0.3, 0.4) is 0 Å². The molecular formula is C24H34N6NaO3+. The monoisotopic (exact) mass is 477 g/mol. The van der Waals surface area contributed by atoms with Crippen LogP contribution in [-0.4, -0.2) is 53.8 Å². The number of hydrogen-bond acceptors (Lipinski definition) is 6. The van der Waals surface area contributed by atoms with Crippen LogP contribution >= 0.6 is 0 Å². The van der Waals surface area contributed by atoms with Gasteiger partial charge in [-0.05, 0) is 30.4 Å². The number of benzene rings is 2. The molecule has 0 aliphatic carbocycles. The van der Waals surface area contributed by atoms with Gasteiger partial charge in [0.15, 0.2) is 0 Å². The summed E-state index contributed by atoms with van der Waals surface area (Å²) in [4.78, 5) is 34.7. The van der Waals surface area contributed by atoms with E-state index in [9.17, 15) is 14.7 Å². The number of hydrogen-bond donors (Lipinski definition) is 0. The minimum Gasteiger partial charge on any atom is -0.262 e. The van der Waals surface area contributed by atoms with Crippen molar-refractivity contribution in [3.8, 4) is 0 Å². The van der Waals surface area contributed by atoms with E-state index in [1.54, 1.807) is 7.05 Å². The molecule has 2 unspecified atom stereocenters. The number of nitrogens with zero attached hydrogens (tertiary/aromatic N) is 6. The van der Waals surface area contributed by atoms with Gasteiger partial charge in [0.2, 0.25) is 0 Å². The van der Waals surface area contributed by atoms with Gasteiger partial charge in [-0.2, -0.15) is 0 Å². The minimum atomic E-state index is -0.376. The van der Waals surface area contributed by atoms with Gasteiger partial charge in [-0.1, -0.05) is 80.4 Å². The van der Waals surface area contributed by atoms with Crippen molar-refractivity contribution >= 4 is 0 Å². The Labute approximate surface area is 224 Å². The Hall–Kier alpha value is -2.36. The van der Waals surface area contributed by atoms with Crippen molar-refractivity contribution in [2.75, 3.05) is 26.7 Å². The fourth-order valence-electron chi connectivity index (χ4n) is 3.91. The van der Waals surface area contributed by atoms with E-state index in [4.69, 9.17) is 0 Å². The zero-order valence-electron chi connectivity index (χ0n) is 20.5. The van der Waals surface area contributed by atoms with E-state index < -0.39 is 0 Å². The third kappa shape index (κ3) is 10.3. The summed E-state index contributed by atoms with van der Waals surface area (Å²) >= 11 is 0. The van der Waals surface area contributed by atoms with Crippen LogP contribution in [0.25, 0.3) is 0 Å². The Morgan fingerprint density at radius 3 is 1.88 bits per heavy atom. The molecule has 10 heteroatoms. The molecule has 0 radical (unpaired) electrons. The van der Waals surface area contributed by atoms with Crippen molar-refractivity contribution in [3.63, 3.8) is 0 Å². The van der Waals surface area contributed by atoms with E-state index in [0.29, 0.717) is 25.8 Å². The Morgan fingerprint density at radius 1 is 0.765 bits per heavy atom. The molecule has 0 N–H and O–H groups in total. The first kappa shape index (κ1) is 29.7. The van der Waals surface area contributed by atoms with Crippen LogP contribution in [0.4, 0.5) is 0 Å². The molecule has 2 aromatic carbocycles. The molecule has 2 aromatic rings. The Morgan fingerprint density at radius 2 is 1.35 bits per heavy atom. The first-order valence-corrected chi connectivity index (χ1v) is 11.4. The maximum atomic E-state index is 11.9. The maximum Gasteiger partial charge on any atom is 1.00 e. The van der Waals surface area contributed by atoms with Crippen LogP contribution in [0.15, 0.2) is 76.5 Å². The van der Waals surface area contributed by atoms with Gasteiger partial charge in [0.1, 0.15) is 0 Å². The summed E-state index contributed by atoms with van der Waals surface area (Å²) in [6, 6.07) is 19.0. The van der Waals surface area contributed by atoms with Crippen LogP contribution in [-0.2, 0) is 12.8 Å². The molecule has 9 nitrogen and oxygen atoms in total. The molecule has 0 fully saturated rings. The number of unbranched alkanes of at least 4 members (excludes halogenated alkanes) is 1. The van der Waals surface area contributed by atoms with Gasteiger partial charge in [0, 0.05) is 13.6 Å². The molecule has 0 heterocycles. The number of nitroso groups, excluding NO2 is 3. The molecular weight excluding hydrogens is 443 g/mol. The second-order valence-corrected chi connectivity index (χ2v) is 8.25. The maximum absolute atomic E-state index is 11.9. The van der Waals surface area contributed by atoms with Gasteiger partial charge >= 0.3 is 29.6 Å². The predicted molar refractivity (Wildman–Crippen MR) is 131 cm³/mol. The van der Waals surface area contributed by atoms with E-state index in [-0.39, 0.29) is 54.7 Å². The van der Waals surface area contributed by atoms with Crippen LogP contribution in [0.2, 0.25) is 0 Å². The van der Waals surface area contributed by atoms with E-state index in [0.717, 1.165) is 24.0 Å². The predicted octanol–water partition coefficient (Wildman–Crippen LogP) is 1.98. The summed E-state index contributed by atoms with van der Waals surface area (Å²) in [5.74, 6) is 0. The summed E-state index contributed by atoms with van der Waals surface area (Å²) < 4.78 is 0. The van der Waals surface area contributed by atoms with Crippen LogP contribution in [0.1, 0.15) is 37.3 Å². The summed E-state index contributed by atoms with van der Waals surface area (Å²) in [5, 5.41) is 13.8. The fourth-order valence-corrected chi connectivity index (χ4v) is 3.91. The summed E-state index contributed by atoms with van der Waals surface area (Å²) in [7, 11) is 1.57. The zero-order valence-corrected chi connectivity index (χ0v) is 22.5. The van der Waals surface area contributed by atoms with E-state index in [1.807, 2.05) is 60.7 Å². The number of rotatable bonds is 17. The van der Waals surface area contributed by atoms with Crippen LogP contribution in [0, 0.1) is 14.7 Å². The summed E-state index contributed by atoms with van der Waals surface area (Å²) in [6.07, 6.45) is 3.76. The SMILES string of the molecule is CCCCC(CN(N=O)C(Cc1ccccc1)CN(C)N=O)N(CCc1ccccc1)N=O.[Na+]. The molecule has 0 bridgehead atoms. The van der Waals surface area contributed by atoms with Crippen molar-refractivity contribution in [3.05, 3.63) is 86.5 Å². The standard InChI is InChI=1S/C24H34N6O3.Na/c1-3-4-15-23(29(26-32)17-16-21-11-7-5-8-12-21)20-30(27-33)24(19-28(2)25-31)18-22-13-9-6-10-14-22;/h5-14,23-24H,3-4,15-20H2,1-2H3;/q;+1. The van der Waals surface area contributed by atoms with Crippen molar-refractivity contribution < 1.29 is 29.6 Å². The van der Waals surface area contributed by atoms with Gasteiger partial charge in [-0.15, -0.1) is 14.7 Å². The molecule has 0 aliphatic heterocycles. The second kappa shape index (κ2) is 17.1. The van der Waals surface area contributed by atoms with Crippen molar-refractivity contribution in [2.45, 2.75) is 51.1 Å². The first-order chi connectivity index (χ1) is 16.1. The Balaban J connectivity index is 0.00000578. The third-order valence-electron chi connectivity index (χ3n) is 5.74. The Kier molecular flexibility index (Phi) is 14.9. The molecule has 178 valence electrons. The summed E-state index contributed by atoms with van der Waals surface area (Å²) in [6.45, 7) is 3.02. The van der Waals surface area contributed by atoms with Crippen LogP contribution < -0.4 is 29.6 Å². The van der Waals surface area contributed by atoms with Gasteiger partial charge in [-0.3, -0.25) is 15.0 Å².